The van der Waals surface area contributed by atoms with E-state index in [1.807, 2.05) is 0 Å². The topological polar surface area (TPSA) is 87.1 Å². The maximum absolute atomic E-state index is 11.3. The molecule has 1 unspecified atom stereocenters. The fraction of sp³-hybridized carbons (Fsp3) is 0.444. The third-order valence-corrected chi connectivity index (χ3v) is 2.52. The van der Waals surface area contributed by atoms with Gasteiger partial charge in [-0.3, -0.25) is 5.32 Å². The van der Waals surface area contributed by atoms with Crippen LogP contribution in [0.15, 0.2) is 17.8 Å². The van der Waals surface area contributed by atoms with Gasteiger partial charge in [-0.05, 0) is 19.4 Å². The van der Waals surface area contributed by atoms with Crippen molar-refractivity contribution in [3.63, 3.8) is 0 Å². The smallest absolute Gasteiger partial charge is 0.320 e. The number of nitrogens with one attached hydrogen (secondary N) is 2. The van der Waals surface area contributed by atoms with Crippen molar-refractivity contribution in [1.29, 1.82) is 0 Å². The molecule has 2 amide bonds. The van der Waals surface area contributed by atoms with Crippen molar-refractivity contribution in [2.45, 2.75) is 20.0 Å². The Balaban J connectivity index is 2.28. The molecule has 0 aliphatic rings. The monoisotopic (exact) mass is 242 g/mol. The van der Waals surface area contributed by atoms with Crippen LogP contribution in [-0.2, 0) is 0 Å². The summed E-state index contributed by atoms with van der Waals surface area (Å²) in [4.78, 5) is 11.3. The summed E-state index contributed by atoms with van der Waals surface area (Å²) in [7, 11) is 0. The van der Waals surface area contributed by atoms with Crippen LogP contribution < -0.4 is 10.6 Å². The number of aromatic nitrogens is 2. The zero-order valence-corrected chi connectivity index (χ0v) is 9.91. The second-order valence-electron chi connectivity index (χ2n) is 3.24. The van der Waals surface area contributed by atoms with Crippen molar-refractivity contribution in [2.75, 3.05) is 11.9 Å². The molecule has 0 bridgehead atoms. The van der Waals surface area contributed by atoms with E-state index in [0.29, 0.717) is 11.5 Å². The molecule has 88 valence electrons. The maximum Gasteiger partial charge on any atom is 0.320 e. The first-order valence-corrected chi connectivity index (χ1v) is 5.54. The van der Waals surface area contributed by atoms with E-state index >= 15 is 0 Å². The molecule has 0 saturated heterocycles. The second kappa shape index (κ2) is 6.19. The standard InChI is InChI=1S/C9H14N4O2S/c1-6(7(2)14)3-4-10-9(15)12-8-5-11-13-16-8/h3,5,7,14H,4H2,1-2H3,(H2,10,12,15)/b6-3+. The zero-order chi connectivity index (χ0) is 12.0. The number of hydrogen-bond donors (Lipinski definition) is 3. The van der Waals surface area contributed by atoms with Gasteiger partial charge in [0.1, 0.15) is 5.00 Å². The summed E-state index contributed by atoms with van der Waals surface area (Å²) in [6.45, 7) is 3.85. The summed E-state index contributed by atoms with van der Waals surface area (Å²) in [5, 5.41) is 18.6. The minimum atomic E-state index is -0.490. The highest BCUT2D eigenvalue weighted by Gasteiger charge is 2.02. The summed E-state index contributed by atoms with van der Waals surface area (Å²) in [5.74, 6) is 0. The van der Waals surface area contributed by atoms with Gasteiger partial charge in [0.15, 0.2) is 0 Å². The summed E-state index contributed by atoms with van der Waals surface area (Å²) in [5.41, 5.74) is 0.819. The summed E-state index contributed by atoms with van der Waals surface area (Å²) >= 11 is 1.11. The van der Waals surface area contributed by atoms with Crippen molar-refractivity contribution in [1.82, 2.24) is 14.9 Å². The number of aliphatic hydroxyl groups excluding tert-OH is 1. The number of carbonyl (C=O) groups is 1. The molecule has 7 heteroatoms. The molecule has 1 rings (SSSR count). The van der Waals surface area contributed by atoms with Gasteiger partial charge >= 0.3 is 6.03 Å². The first kappa shape index (κ1) is 12.6. The summed E-state index contributed by atoms with van der Waals surface area (Å²) in [6.07, 6.45) is 2.74. The SMILES string of the molecule is C/C(=C\CNC(=O)Nc1cnns1)C(C)O. The lowest BCUT2D eigenvalue weighted by molar-refractivity contribution is 0.231. The molecule has 0 radical (unpaired) electrons. The molecule has 1 aromatic heterocycles. The van der Waals surface area contributed by atoms with Crippen molar-refractivity contribution < 1.29 is 9.90 Å². The Kier molecular flexibility index (Phi) is 4.87. The number of amides is 2. The first-order chi connectivity index (χ1) is 7.59. The third-order valence-electron chi connectivity index (χ3n) is 1.94. The van der Waals surface area contributed by atoms with Crippen LogP contribution in [0.1, 0.15) is 13.8 Å². The van der Waals surface area contributed by atoms with E-state index in [0.717, 1.165) is 17.1 Å². The highest BCUT2D eigenvalue weighted by atomic mass is 32.1. The Labute approximate surface area is 97.5 Å². The van der Waals surface area contributed by atoms with Crippen LogP contribution in [0.25, 0.3) is 0 Å². The predicted molar refractivity (Wildman–Crippen MR) is 62.4 cm³/mol. The van der Waals surface area contributed by atoms with Crippen LogP contribution >= 0.6 is 11.5 Å². The third kappa shape index (κ3) is 4.37. The van der Waals surface area contributed by atoms with Crippen LogP contribution in [0.2, 0.25) is 0 Å². The number of rotatable bonds is 4. The van der Waals surface area contributed by atoms with E-state index in [2.05, 4.69) is 20.2 Å². The average Bonchev–Trinajstić information content (AvgIpc) is 2.70. The van der Waals surface area contributed by atoms with Gasteiger partial charge < -0.3 is 10.4 Å². The van der Waals surface area contributed by atoms with Gasteiger partial charge in [0.05, 0.1) is 12.3 Å². The van der Waals surface area contributed by atoms with E-state index in [1.165, 1.54) is 6.20 Å². The number of nitrogens with zero attached hydrogens (tertiary/aromatic N) is 2. The molecule has 16 heavy (non-hydrogen) atoms. The lowest BCUT2D eigenvalue weighted by atomic mass is 10.2. The van der Waals surface area contributed by atoms with Crippen molar-refractivity contribution in [3.05, 3.63) is 17.8 Å². The molecule has 0 spiro atoms. The molecule has 0 aromatic carbocycles. The van der Waals surface area contributed by atoms with Crippen LogP contribution in [0.3, 0.4) is 0 Å². The maximum atomic E-state index is 11.3. The lowest BCUT2D eigenvalue weighted by Crippen LogP contribution is -2.28. The molecule has 3 N–H and O–H groups in total. The van der Waals surface area contributed by atoms with E-state index < -0.39 is 6.10 Å². The molecule has 0 fully saturated rings. The molecule has 1 aromatic rings. The number of aliphatic hydroxyl groups is 1. The molecule has 6 nitrogen and oxygen atoms in total. The van der Waals surface area contributed by atoms with E-state index in [9.17, 15) is 9.90 Å². The number of carbonyl (C=O) groups excluding carboxylic acids is 1. The van der Waals surface area contributed by atoms with Crippen LogP contribution in [0.4, 0.5) is 9.80 Å². The molecule has 0 aliphatic heterocycles. The average molecular weight is 242 g/mol. The van der Waals surface area contributed by atoms with Gasteiger partial charge in [0.25, 0.3) is 0 Å². The number of urea groups is 1. The Hall–Kier alpha value is -1.47. The molecular formula is C9H14N4O2S. The van der Waals surface area contributed by atoms with Crippen molar-refractivity contribution in [3.8, 4) is 0 Å². The second-order valence-corrected chi connectivity index (χ2v) is 4.03. The summed E-state index contributed by atoms with van der Waals surface area (Å²) in [6, 6.07) is -0.319. The quantitative estimate of drug-likeness (QED) is 0.687. The highest BCUT2D eigenvalue weighted by molar-refractivity contribution is 7.10. The van der Waals surface area contributed by atoms with Crippen LogP contribution in [0.5, 0.6) is 0 Å². The normalized spacial score (nSPS) is 13.3. The fourth-order valence-electron chi connectivity index (χ4n) is 0.854. The Morgan fingerprint density at radius 2 is 2.50 bits per heavy atom. The van der Waals surface area contributed by atoms with E-state index in [4.69, 9.17) is 0 Å². The Bertz CT molecular complexity index is 362. The fourth-order valence-corrected chi connectivity index (χ4v) is 1.27. The minimum Gasteiger partial charge on any atom is -0.389 e. The Morgan fingerprint density at radius 1 is 1.75 bits per heavy atom. The molecule has 1 heterocycles. The lowest BCUT2D eigenvalue weighted by Gasteiger charge is -2.05. The van der Waals surface area contributed by atoms with Gasteiger partial charge in [0, 0.05) is 18.1 Å². The van der Waals surface area contributed by atoms with Crippen LogP contribution in [-0.4, -0.2) is 33.4 Å². The van der Waals surface area contributed by atoms with Gasteiger partial charge in [-0.15, -0.1) is 5.10 Å². The minimum absolute atomic E-state index is 0.319. The first-order valence-electron chi connectivity index (χ1n) is 4.76. The van der Waals surface area contributed by atoms with Gasteiger partial charge in [-0.25, -0.2) is 4.79 Å². The van der Waals surface area contributed by atoms with Gasteiger partial charge in [-0.2, -0.15) is 0 Å². The Morgan fingerprint density at radius 3 is 3.06 bits per heavy atom. The number of hydrogen-bond acceptors (Lipinski definition) is 5. The zero-order valence-electron chi connectivity index (χ0n) is 9.10. The predicted octanol–water partition coefficient (Wildman–Crippen LogP) is 0.987. The molecule has 0 saturated carbocycles. The molecule has 1 atom stereocenters. The highest BCUT2D eigenvalue weighted by Crippen LogP contribution is 2.08. The van der Waals surface area contributed by atoms with Crippen LogP contribution in [0, 0.1) is 0 Å². The van der Waals surface area contributed by atoms with Crippen molar-refractivity contribution >= 4 is 22.6 Å². The van der Waals surface area contributed by atoms with Gasteiger partial charge in [0.2, 0.25) is 0 Å². The molecular weight excluding hydrogens is 228 g/mol. The largest absolute Gasteiger partial charge is 0.389 e. The van der Waals surface area contributed by atoms with E-state index in [1.54, 1.807) is 19.9 Å². The van der Waals surface area contributed by atoms with Crippen molar-refractivity contribution in [2.24, 2.45) is 0 Å². The number of anilines is 1. The molecule has 0 aliphatic carbocycles. The van der Waals surface area contributed by atoms with E-state index in [-0.39, 0.29) is 6.03 Å². The van der Waals surface area contributed by atoms with Gasteiger partial charge in [-0.1, -0.05) is 10.6 Å². The summed E-state index contributed by atoms with van der Waals surface area (Å²) < 4.78 is 3.61.